The van der Waals surface area contributed by atoms with Gasteiger partial charge < -0.3 is 10.1 Å². The van der Waals surface area contributed by atoms with E-state index in [-0.39, 0.29) is 6.61 Å². The number of hydrogen-bond acceptors (Lipinski definition) is 5. The van der Waals surface area contributed by atoms with Gasteiger partial charge in [-0.3, -0.25) is 0 Å². The predicted molar refractivity (Wildman–Crippen MR) is 71.7 cm³/mol. The lowest BCUT2D eigenvalue weighted by atomic mass is 10.2. The summed E-state index contributed by atoms with van der Waals surface area (Å²) in [6.07, 6.45) is -1.96. The second-order valence-electron chi connectivity index (χ2n) is 4.15. The smallest absolute Gasteiger partial charge is 0.261 e. The molecule has 1 N–H and O–H groups in total. The fraction of sp³-hybridized carbons (Fsp3) is 0.667. The minimum Gasteiger partial charge on any atom is -0.375 e. The quantitative estimate of drug-likeness (QED) is 0.781. The Morgan fingerprint density at radius 2 is 2.21 bits per heavy atom. The number of nitrogens with zero attached hydrogens (tertiary/aromatic N) is 2. The molecule has 0 atom stereocenters. The first-order chi connectivity index (χ1) is 9.20. The number of anilines is 1. The van der Waals surface area contributed by atoms with Crippen molar-refractivity contribution in [1.29, 1.82) is 0 Å². The van der Waals surface area contributed by atoms with E-state index in [1.165, 1.54) is 5.56 Å². The van der Waals surface area contributed by atoms with Crippen molar-refractivity contribution in [2.24, 2.45) is 0 Å². The van der Waals surface area contributed by atoms with E-state index in [1.54, 1.807) is 0 Å². The Morgan fingerprint density at radius 1 is 1.37 bits per heavy atom. The van der Waals surface area contributed by atoms with Gasteiger partial charge in [0.25, 0.3) is 6.43 Å². The summed E-state index contributed by atoms with van der Waals surface area (Å²) >= 11 is 1.81. The van der Waals surface area contributed by atoms with Crippen LogP contribution in [0.25, 0.3) is 0 Å². The van der Waals surface area contributed by atoms with Gasteiger partial charge in [-0.05, 0) is 6.92 Å². The van der Waals surface area contributed by atoms with Gasteiger partial charge >= 0.3 is 0 Å². The van der Waals surface area contributed by atoms with Gasteiger partial charge in [0.2, 0.25) is 0 Å². The summed E-state index contributed by atoms with van der Waals surface area (Å²) in [4.78, 5) is 8.92. The van der Waals surface area contributed by atoms with Crippen molar-refractivity contribution in [1.82, 2.24) is 9.97 Å². The third-order valence-corrected chi connectivity index (χ3v) is 3.65. The van der Waals surface area contributed by atoms with Crippen LogP contribution in [0.2, 0.25) is 0 Å². The predicted octanol–water partition coefficient (Wildman–Crippen LogP) is 2.48. The molecule has 0 unspecified atom stereocenters. The van der Waals surface area contributed by atoms with Crippen LogP contribution >= 0.6 is 11.8 Å². The molecule has 0 bridgehead atoms. The molecule has 0 fully saturated rings. The lowest BCUT2D eigenvalue weighted by Gasteiger charge is -2.10. The summed E-state index contributed by atoms with van der Waals surface area (Å²) in [7, 11) is 0. The van der Waals surface area contributed by atoms with Crippen LogP contribution in [0.15, 0.2) is 0 Å². The molecule has 4 nitrogen and oxygen atoms in total. The van der Waals surface area contributed by atoms with Crippen LogP contribution < -0.4 is 5.32 Å². The van der Waals surface area contributed by atoms with E-state index in [2.05, 4.69) is 15.3 Å². The molecule has 1 aromatic rings. The van der Waals surface area contributed by atoms with Gasteiger partial charge in [0.1, 0.15) is 18.2 Å². The molecule has 1 aliphatic rings. The summed E-state index contributed by atoms with van der Waals surface area (Å²) < 4.78 is 28.7. The van der Waals surface area contributed by atoms with Crippen molar-refractivity contribution >= 4 is 17.6 Å². The van der Waals surface area contributed by atoms with Crippen LogP contribution in [0.3, 0.4) is 0 Å². The minimum absolute atomic E-state index is 0.224. The van der Waals surface area contributed by atoms with E-state index in [4.69, 9.17) is 4.74 Å². The van der Waals surface area contributed by atoms with Crippen LogP contribution in [-0.4, -0.2) is 36.2 Å². The Bertz CT molecular complexity index is 432. The summed E-state index contributed by atoms with van der Waals surface area (Å²) in [5.74, 6) is 3.36. The molecule has 0 radical (unpaired) electrons. The lowest BCUT2D eigenvalue weighted by molar-refractivity contribution is 0.0183. The van der Waals surface area contributed by atoms with Crippen molar-refractivity contribution in [3.05, 3.63) is 17.1 Å². The van der Waals surface area contributed by atoms with Crippen molar-refractivity contribution in [2.75, 3.05) is 25.1 Å². The summed E-state index contributed by atoms with van der Waals surface area (Å²) in [5, 5.41) is 3.23. The van der Waals surface area contributed by atoms with E-state index in [0.717, 1.165) is 29.6 Å². The highest BCUT2D eigenvalue weighted by molar-refractivity contribution is 7.98. The number of hydrogen-bond donors (Lipinski definition) is 1. The van der Waals surface area contributed by atoms with Gasteiger partial charge in [-0.1, -0.05) is 0 Å². The molecule has 106 valence electrons. The minimum atomic E-state index is -2.42. The molecule has 7 heteroatoms. The molecule has 2 heterocycles. The highest BCUT2D eigenvalue weighted by Gasteiger charge is 2.19. The molecule has 1 aromatic heterocycles. The zero-order chi connectivity index (χ0) is 13.7. The van der Waals surface area contributed by atoms with E-state index < -0.39 is 13.0 Å². The Labute approximate surface area is 115 Å². The maximum atomic E-state index is 11.9. The zero-order valence-electron chi connectivity index (χ0n) is 10.8. The molecule has 0 saturated carbocycles. The number of alkyl halides is 2. The molecule has 19 heavy (non-hydrogen) atoms. The molecule has 0 spiro atoms. The molecule has 0 amide bonds. The molecular weight excluding hydrogens is 272 g/mol. The Kier molecular flexibility index (Phi) is 5.33. The van der Waals surface area contributed by atoms with Gasteiger partial charge in [-0.25, -0.2) is 18.7 Å². The zero-order valence-corrected chi connectivity index (χ0v) is 11.6. The third kappa shape index (κ3) is 4.01. The van der Waals surface area contributed by atoms with Crippen molar-refractivity contribution in [2.45, 2.75) is 31.3 Å². The number of thioether (sulfide) groups is 1. The van der Waals surface area contributed by atoms with Gasteiger partial charge in [-0.15, -0.1) is 0 Å². The number of ether oxygens (including phenoxy) is 1. The number of nitrogens with one attached hydrogen (secondary N) is 1. The van der Waals surface area contributed by atoms with Crippen LogP contribution in [0.1, 0.15) is 24.0 Å². The summed E-state index contributed by atoms with van der Waals surface area (Å²) in [6, 6.07) is 0. The standard InChI is InChI=1S/C12H17F2N3OS/c1-2-15-12-8-6-19-7-9(8)16-11(17-12)3-4-18-5-10(13)14/h10H,2-7H2,1H3,(H,15,16,17). The molecule has 0 saturated heterocycles. The third-order valence-electron chi connectivity index (χ3n) is 2.68. The van der Waals surface area contributed by atoms with Crippen LogP contribution in [0.5, 0.6) is 0 Å². The van der Waals surface area contributed by atoms with E-state index >= 15 is 0 Å². The Morgan fingerprint density at radius 3 is 2.95 bits per heavy atom. The second-order valence-corrected chi connectivity index (χ2v) is 5.14. The number of halogens is 2. The molecule has 2 rings (SSSR count). The highest BCUT2D eigenvalue weighted by atomic mass is 32.2. The number of rotatable bonds is 7. The summed E-state index contributed by atoms with van der Waals surface area (Å²) in [6.45, 7) is 2.51. The summed E-state index contributed by atoms with van der Waals surface area (Å²) in [5.41, 5.74) is 2.23. The number of fused-ring (bicyclic) bond motifs is 1. The topological polar surface area (TPSA) is 47.0 Å². The first-order valence-electron chi connectivity index (χ1n) is 6.27. The fourth-order valence-electron chi connectivity index (χ4n) is 1.86. The van der Waals surface area contributed by atoms with E-state index in [0.29, 0.717) is 12.2 Å². The Balaban J connectivity index is 1.99. The second kappa shape index (κ2) is 7.00. The lowest BCUT2D eigenvalue weighted by Crippen LogP contribution is -2.12. The number of aromatic nitrogens is 2. The van der Waals surface area contributed by atoms with Gasteiger partial charge in [-0.2, -0.15) is 11.8 Å². The Hall–Kier alpha value is -0.950. The first kappa shape index (κ1) is 14.5. The van der Waals surface area contributed by atoms with Crippen molar-refractivity contribution in [3.63, 3.8) is 0 Å². The van der Waals surface area contributed by atoms with Crippen LogP contribution in [0, 0.1) is 0 Å². The monoisotopic (exact) mass is 289 g/mol. The van der Waals surface area contributed by atoms with Gasteiger partial charge in [0.05, 0.1) is 12.3 Å². The molecule has 0 aromatic carbocycles. The van der Waals surface area contributed by atoms with E-state index in [9.17, 15) is 8.78 Å². The normalized spacial score (nSPS) is 13.9. The fourth-order valence-corrected chi connectivity index (χ4v) is 2.91. The average molecular weight is 289 g/mol. The first-order valence-corrected chi connectivity index (χ1v) is 7.42. The maximum Gasteiger partial charge on any atom is 0.261 e. The van der Waals surface area contributed by atoms with E-state index in [1.807, 2.05) is 18.7 Å². The SMILES string of the molecule is CCNc1nc(CCOCC(F)F)nc2c1CSC2. The molecule has 0 aliphatic carbocycles. The molecular formula is C12H17F2N3OS. The molecule has 1 aliphatic heterocycles. The van der Waals surface area contributed by atoms with Gasteiger partial charge in [0, 0.05) is 30.0 Å². The van der Waals surface area contributed by atoms with Crippen molar-refractivity contribution in [3.8, 4) is 0 Å². The largest absolute Gasteiger partial charge is 0.375 e. The van der Waals surface area contributed by atoms with Crippen LogP contribution in [-0.2, 0) is 22.7 Å². The van der Waals surface area contributed by atoms with Gasteiger partial charge in [0.15, 0.2) is 0 Å². The van der Waals surface area contributed by atoms with Crippen LogP contribution in [0.4, 0.5) is 14.6 Å². The maximum absolute atomic E-state index is 11.9. The average Bonchev–Trinajstić information content (AvgIpc) is 2.83. The highest BCUT2D eigenvalue weighted by Crippen LogP contribution is 2.32. The van der Waals surface area contributed by atoms with Crippen molar-refractivity contribution < 1.29 is 13.5 Å².